The molecule has 0 saturated carbocycles. The molecule has 182 valence electrons. The maximum Gasteiger partial charge on any atom is 0.0725 e. The van der Waals surface area contributed by atoms with Crippen LogP contribution in [0.25, 0.3) is 53.6 Å². The van der Waals surface area contributed by atoms with E-state index in [-0.39, 0.29) is 5.41 Å². The second-order valence-electron chi connectivity index (χ2n) is 10.6. The molecule has 0 unspecified atom stereocenters. The van der Waals surface area contributed by atoms with Crippen molar-refractivity contribution in [2.45, 2.75) is 5.41 Å². The van der Waals surface area contributed by atoms with E-state index >= 15 is 0 Å². The molecule has 0 fully saturated rings. The van der Waals surface area contributed by atoms with Crippen molar-refractivity contribution in [2.24, 2.45) is 0 Å². The SMILES string of the molecule is Brc1ccc2sc3cc(-c4cccc5c4-c4ccccc4C54c5ccccc5-c5ccccc54)ccc3c2c1. The van der Waals surface area contributed by atoms with Crippen LogP contribution in [0.1, 0.15) is 22.3 Å². The zero-order valence-electron chi connectivity index (χ0n) is 20.9. The highest BCUT2D eigenvalue weighted by Crippen LogP contribution is 2.63. The van der Waals surface area contributed by atoms with Gasteiger partial charge in [0, 0.05) is 24.6 Å². The van der Waals surface area contributed by atoms with Crippen molar-refractivity contribution in [1.82, 2.24) is 0 Å². The van der Waals surface area contributed by atoms with Gasteiger partial charge >= 0.3 is 0 Å². The molecule has 2 heteroatoms. The summed E-state index contributed by atoms with van der Waals surface area (Å²) in [5.74, 6) is 0. The average Bonchev–Trinajstić information content (AvgIpc) is 3.60. The van der Waals surface area contributed by atoms with Crippen LogP contribution in [0.2, 0.25) is 0 Å². The van der Waals surface area contributed by atoms with Crippen molar-refractivity contribution in [3.05, 3.63) is 154 Å². The van der Waals surface area contributed by atoms with Crippen LogP contribution in [0.4, 0.5) is 0 Å². The summed E-state index contributed by atoms with van der Waals surface area (Å²) in [6.45, 7) is 0. The molecule has 2 aliphatic carbocycles. The summed E-state index contributed by atoms with van der Waals surface area (Å²) in [5.41, 5.74) is 13.2. The highest BCUT2D eigenvalue weighted by atomic mass is 79.9. The van der Waals surface area contributed by atoms with Gasteiger partial charge in [-0.2, -0.15) is 0 Å². The fraction of sp³-hybridized carbons (Fsp3) is 0.0270. The van der Waals surface area contributed by atoms with E-state index in [9.17, 15) is 0 Å². The number of hydrogen-bond acceptors (Lipinski definition) is 1. The normalized spacial score (nSPS) is 14.0. The van der Waals surface area contributed by atoms with Crippen molar-refractivity contribution in [3.63, 3.8) is 0 Å². The van der Waals surface area contributed by atoms with Crippen LogP contribution >= 0.6 is 27.3 Å². The molecule has 0 nitrogen and oxygen atoms in total. The van der Waals surface area contributed by atoms with Crippen molar-refractivity contribution < 1.29 is 0 Å². The maximum absolute atomic E-state index is 3.66. The Hall–Kier alpha value is -3.98. The molecule has 39 heavy (non-hydrogen) atoms. The van der Waals surface area contributed by atoms with Gasteiger partial charge in [0.15, 0.2) is 0 Å². The van der Waals surface area contributed by atoms with Crippen molar-refractivity contribution in [1.29, 1.82) is 0 Å². The smallest absolute Gasteiger partial charge is 0.0725 e. The number of thiophene rings is 1. The predicted molar refractivity (Wildman–Crippen MR) is 169 cm³/mol. The van der Waals surface area contributed by atoms with E-state index in [4.69, 9.17) is 0 Å². The first kappa shape index (κ1) is 21.9. The number of hydrogen-bond donors (Lipinski definition) is 0. The molecule has 1 aromatic heterocycles. The van der Waals surface area contributed by atoms with Gasteiger partial charge in [-0.3, -0.25) is 0 Å². The Balaban J connectivity index is 1.37. The summed E-state index contributed by atoms with van der Waals surface area (Å²) in [5, 5.41) is 2.64. The third-order valence-corrected chi connectivity index (χ3v) is 10.4. The van der Waals surface area contributed by atoms with Gasteiger partial charge in [0.1, 0.15) is 0 Å². The minimum atomic E-state index is -0.302. The minimum Gasteiger partial charge on any atom is -0.135 e. The van der Waals surface area contributed by atoms with E-state index in [1.165, 1.54) is 75.8 Å². The number of benzene rings is 6. The van der Waals surface area contributed by atoms with Crippen LogP contribution in [-0.2, 0) is 5.41 Å². The number of halogens is 1. The molecule has 9 rings (SSSR count). The molecule has 2 aliphatic rings. The molecule has 0 saturated heterocycles. The minimum absolute atomic E-state index is 0.302. The Labute approximate surface area is 239 Å². The van der Waals surface area contributed by atoms with E-state index in [1.807, 2.05) is 11.3 Å². The van der Waals surface area contributed by atoms with Crippen LogP contribution in [0.15, 0.2) is 132 Å². The first-order valence-electron chi connectivity index (χ1n) is 13.3. The summed E-state index contributed by atoms with van der Waals surface area (Å²) in [6.07, 6.45) is 0. The molecule has 0 radical (unpaired) electrons. The molecular formula is C37H21BrS. The fourth-order valence-electron chi connectivity index (χ4n) is 7.30. The standard InChI is InChI=1S/C37H21BrS/c38-23-17-19-34-29(21-23)27-18-16-22(20-35(27)39-34)24-11-7-15-33-36(24)28-10-3-6-14-32(28)37(33)30-12-4-1-8-25(30)26-9-2-5-13-31(26)37/h1-21H. The second kappa shape index (κ2) is 7.79. The van der Waals surface area contributed by atoms with Gasteiger partial charge in [-0.05, 0) is 79.9 Å². The Morgan fingerprint density at radius 1 is 0.462 bits per heavy atom. The fourth-order valence-corrected chi connectivity index (χ4v) is 8.79. The number of rotatable bonds is 1. The Morgan fingerprint density at radius 3 is 1.82 bits per heavy atom. The zero-order chi connectivity index (χ0) is 25.7. The van der Waals surface area contributed by atoms with E-state index in [1.54, 1.807) is 0 Å². The monoisotopic (exact) mass is 576 g/mol. The van der Waals surface area contributed by atoms with Crippen LogP contribution in [-0.4, -0.2) is 0 Å². The lowest BCUT2D eigenvalue weighted by Gasteiger charge is -2.30. The van der Waals surface area contributed by atoms with Crippen LogP contribution in [0, 0.1) is 0 Å². The summed E-state index contributed by atoms with van der Waals surface area (Å²) in [7, 11) is 0. The quantitative estimate of drug-likeness (QED) is 0.182. The van der Waals surface area contributed by atoms with Gasteiger partial charge in [0.25, 0.3) is 0 Å². The molecule has 0 amide bonds. The van der Waals surface area contributed by atoms with Crippen LogP contribution in [0.3, 0.4) is 0 Å². The van der Waals surface area contributed by atoms with Gasteiger partial charge in [0.2, 0.25) is 0 Å². The van der Waals surface area contributed by atoms with Gasteiger partial charge in [-0.1, -0.05) is 119 Å². The maximum atomic E-state index is 3.66. The topological polar surface area (TPSA) is 0 Å². The molecule has 1 spiro atoms. The summed E-state index contributed by atoms with van der Waals surface area (Å²) < 4.78 is 3.78. The number of fused-ring (bicyclic) bond motifs is 13. The third kappa shape index (κ3) is 2.73. The summed E-state index contributed by atoms with van der Waals surface area (Å²) >= 11 is 5.54. The van der Waals surface area contributed by atoms with Crippen LogP contribution in [0.5, 0.6) is 0 Å². The Bertz CT molecular complexity index is 2100. The first-order chi connectivity index (χ1) is 19.2. The lowest BCUT2D eigenvalue weighted by atomic mass is 9.70. The van der Waals surface area contributed by atoms with Gasteiger partial charge in [-0.25, -0.2) is 0 Å². The predicted octanol–water partition coefficient (Wildman–Crippen LogP) is 10.8. The summed E-state index contributed by atoms with van der Waals surface area (Å²) in [6, 6.07) is 47.6. The lowest BCUT2D eigenvalue weighted by Crippen LogP contribution is -2.25. The van der Waals surface area contributed by atoms with Gasteiger partial charge in [-0.15, -0.1) is 11.3 Å². The van der Waals surface area contributed by atoms with Crippen molar-refractivity contribution in [3.8, 4) is 33.4 Å². The molecule has 0 N–H and O–H groups in total. The second-order valence-corrected chi connectivity index (χ2v) is 12.6. The molecular weight excluding hydrogens is 556 g/mol. The third-order valence-electron chi connectivity index (χ3n) is 8.77. The summed E-state index contributed by atoms with van der Waals surface area (Å²) in [4.78, 5) is 0. The molecule has 6 aromatic carbocycles. The average molecular weight is 578 g/mol. The Kier molecular flexibility index (Phi) is 4.37. The highest BCUT2D eigenvalue weighted by molar-refractivity contribution is 9.10. The molecule has 0 bridgehead atoms. The largest absolute Gasteiger partial charge is 0.135 e. The first-order valence-corrected chi connectivity index (χ1v) is 14.9. The van der Waals surface area contributed by atoms with E-state index in [0.29, 0.717) is 0 Å². The Morgan fingerprint density at radius 2 is 1.08 bits per heavy atom. The van der Waals surface area contributed by atoms with Crippen molar-refractivity contribution >= 4 is 47.4 Å². The van der Waals surface area contributed by atoms with E-state index in [0.717, 1.165) is 4.47 Å². The van der Waals surface area contributed by atoms with E-state index in [2.05, 4.69) is 143 Å². The highest BCUT2D eigenvalue weighted by Gasteiger charge is 2.51. The van der Waals surface area contributed by atoms with E-state index < -0.39 is 0 Å². The zero-order valence-corrected chi connectivity index (χ0v) is 23.3. The van der Waals surface area contributed by atoms with Crippen molar-refractivity contribution in [2.75, 3.05) is 0 Å². The van der Waals surface area contributed by atoms with Gasteiger partial charge < -0.3 is 0 Å². The molecule has 1 heterocycles. The molecule has 0 aliphatic heterocycles. The molecule has 7 aromatic rings. The van der Waals surface area contributed by atoms with Gasteiger partial charge in [0.05, 0.1) is 5.41 Å². The lowest BCUT2D eigenvalue weighted by molar-refractivity contribution is 0.794. The van der Waals surface area contributed by atoms with Crippen LogP contribution < -0.4 is 0 Å². The molecule has 0 atom stereocenters.